The summed E-state index contributed by atoms with van der Waals surface area (Å²) in [5.41, 5.74) is 2.45. The fraction of sp³-hybridized carbons (Fsp3) is 0.435. The number of piperazine rings is 1. The van der Waals surface area contributed by atoms with Gasteiger partial charge in [-0.3, -0.25) is 9.89 Å². The van der Waals surface area contributed by atoms with E-state index >= 15 is 0 Å². The first kappa shape index (κ1) is 20.3. The maximum absolute atomic E-state index is 5.45. The van der Waals surface area contributed by atoms with Gasteiger partial charge < -0.3 is 25.0 Å². The number of hydrogen-bond donors (Lipinski definition) is 2. The van der Waals surface area contributed by atoms with Gasteiger partial charge in [0.1, 0.15) is 0 Å². The van der Waals surface area contributed by atoms with Crippen LogP contribution < -0.4 is 25.0 Å². The van der Waals surface area contributed by atoms with Crippen molar-refractivity contribution in [3.63, 3.8) is 0 Å². The van der Waals surface area contributed by atoms with Gasteiger partial charge in [0.15, 0.2) is 17.5 Å². The lowest BCUT2D eigenvalue weighted by atomic mass is 10.2. The second-order valence-electron chi connectivity index (χ2n) is 7.70. The van der Waals surface area contributed by atoms with Crippen LogP contribution in [0, 0.1) is 0 Å². The molecule has 2 N–H and O–H groups in total. The Bertz CT molecular complexity index is 850. The number of nitrogens with zero attached hydrogens (tertiary/aromatic N) is 3. The van der Waals surface area contributed by atoms with Gasteiger partial charge in [-0.2, -0.15) is 0 Å². The number of aliphatic imine (C=N–C) groups is 1. The van der Waals surface area contributed by atoms with Crippen LogP contribution in [0.1, 0.15) is 12.5 Å². The van der Waals surface area contributed by atoms with Gasteiger partial charge in [-0.15, -0.1) is 0 Å². The van der Waals surface area contributed by atoms with Crippen molar-refractivity contribution in [3.05, 3.63) is 54.1 Å². The molecule has 0 saturated carbocycles. The zero-order chi connectivity index (χ0) is 20.8. The lowest BCUT2D eigenvalue weighted by Crippen LogP contribution is -2.53. The number of rotatable bonds is 6. The van der Waals surface area contributed by atoms with Crippen LogP contribution in [0.3, 0.4) is 0 Å². The zero-order valence-electron chi connectivity index (χ0n) is 17.8. The summed E-state index contributed by atoms with van der Waals surface area (Å²) in [5, 5.41) is 6.84. The molecular weight excluding hydrogens is 378 g/mol. The molecule has 1 unspecified atom stereocenters. The Balaban J connectivity index is 1.20. The van der Waals surface area contributed by atoms with Crippen LogP contribution in [0.25, 0.3) is 0 Å². The highest BCUT2D eigenvalue weighted by Gasteiger charge is 2.21. The van der Waals surface area contributed by atoms with Gasteiger partial charge >= 0.3 is 0 Å². The highest BCUT2D eigenvalue weighted by atomic mass is 16.7. The van der Waals surface area contributed by atoms with Crippen molar-refractivity contribution in [1.29, 1.82) is 0 Å². The molecule has 0 aromatic heterocycles. The Labute approximate surface area is 178 Å². The van der Waals surface area contributed by atoms with E-state index < -0.39 is 0 Å². The quantitative estimate of drug-likeness (QED) is 0.564. The predicted molar refractivity (Wildman–Crippen MR) is 120 cm³/mol. The van der Waals surface area contributed by atoms with E-state index in [2.05, 4.69) is 62.7 Å². The highest BCUT2D eigenvalue weighted by Crippen LogP contribution is 2.32. The third-order valence-electron chi connectivity index (χ3n) is 5.74. The van der Waals surface area contributed by atoms with E-state index in [1.54, 1.807) is 7.05 Å². The molecule has 0 bridgehead atoms. The molecule has 160 valence electrons. The number of benzene rings is 2. The van der Waals surface area contributed by atoms with E-state index in [4.69, 9.17) is 9.47 Å². The van der Waals surface area contributed by atoms with Crippen molar-refractivity contribution >= 4 is 11.6 Å². The SMILES string of the molecule is CN=C(NCc1ccc2c(c1)OCO2)NCC(C)N1CCN(c2ccccc2)CC1. The van der Waals surface area contributed by atoms with E-state index in [-0.39, 0.29) is 0 Å². The van der Waals surface area contributed by atoms with E-state index in [9.17, 15) is 0 Å². The van der Waals surface area contributed by atoms with Gasteiger partial charge in [0.2, 0.25) is 6.79 Å². The van der Waals surface area contributed by atoms with Gasteiger partial charge in [0.05, 0.1) is 0 Å². The minimum atomic E-state index is 0.299. The Morgan fingerprint density at radius 2 is 1.77 bits per heavy atom. The standard InChI is InChI=1S/C23H31N5O2/c1-18(27-10-12-28(13-11-27)20-6-4-3-5-7-20)15-25-23(24-2)26-16-19-8-9-21-22(14-19)30-17-29-21/h3-9,14,18H,10-13,15-17H2,1-2H3,(H2,24,25,26). The Morgan fingerprint density at radius 1 is 1.00 bits per heavy atom. The molecule has 7 nitrogen and oxygen atoms in total. The topological polar surface area (TPSA) is 61.4 Å². The first-order valence-electron chi connectivity index (χ1n) is 10.6. The van der Waals surface area contributed by atoms with Crippen LogP contribution in [0.4, 0.5) is 5.69 Å². The van der Waals surface area contributed by atoms with Crippen molar-refractivity contribution < 1.29 is 9.47 Å². The molecule has 0 amide bonds. The lowest BCUT2D eigenvalue weighted by Gasteiger charge is -2.39. The monoisotopic (exact) mass is 409 g/mol. The normalized spacial score (nSPS) is 17.7. The summed E-state index contributed by atoms with van der Waals surface area (Å²) in [6.45, 7) is 8.37. The number of hydrogen-bond acceptors (Lipinski definition) is 5. The van der Waals surface area contributed by atoms with Crippen LogP contribution in [-0.4, -0.2) is 63.5 Å². The van der Waals surface area contributed by atoms with Crippen LogP contribution in [0.5, 0.6) is 11.5 Å². The molecule has 2 aromatic carbocycles. The average Bonchev–Trinajstić information content (AvgIpc) is 3.27. The third kappa shape index (κ3) is 4.97. The van der Waals surface area contributed by atoms with Gasteiger partial charge in [0, 0.05) is 58.0 Å². The van der Waals surface area contributed by atoms with Gasteiger partial charge in [-0.1, -0.05) is 24.3 Å². The summed E-state index contributed by atoms with van der Waals surface area (Å²) in [4.78, 5) is 9.36. The minimum absolute atomic E-state index is 0.299. The van der Waals surface area contributed by atoms with E-state index in [1.807, 2.05) is 18.2 Å². The van der Waals surface area contributed by atoms with Crippen molar-refractivity contribution in [2.24, 2.45) is 4.99 Å². The molecule has 2 aliphatic rings. The summed E-state index contributed by atoms with van der Waals surface area (Å²) in [5.74, 6) is 2.42. The maximum Gasteiger partial charge on any atom is 0.231 e. The summed E-state index contributed by atoms with van der Waals surface area (Å²) in [6, 6.07) is 17.1. The van der Waals surface area contributed by atoms with Crippen molar-refractivity contribution in [1.82, 2.24) is 15.5 Å². The smallest absolute Gasteiger partial charge is 0.231 e. The molecule has 0 spiro atoms. The number of ether oxygens (including phenoxy) is 2. The molecule has 1 saturated heterocycles. The van der Waals surface area contributed by atoms with Gasteiger partial charge in [-0.05, 0) is 36.8 Å². The van der Waals surface area contributed by atoms with E-state index in [1.165, 1.54) is 5.69 Å². The Morgan fingerprint density at radius 3 is 2.53 bits per heavy atom. The first-order valence-corrected chi connectivity index (χ1v) is 10.6. The minimum Gasteiger partial charge on any atom is -0.454 e. The molecule has 2 aromatic rings. The summed E-state index contributed by atoms with van der Waals surface area (Å²) >= 11 is 0. The number of para-hydroxylation sites is 1. The lowest BCUT2D eigenvalue weighted by molar-refractivity contribution is 0.174. The van der Waals surface area contributed by atoms with Gasteiger partial charge in [-0.25, -0.2) is 0 Å². The maximum atomic E-state index is 5.45. The van der Waals surface area contributed by atoms with Crippen molar-refractivity contribution in [2.75, 3.05) is 51.5 Å². The molecule has 7 heteroatoms. The fourth-order valence-electron chi connectivity index (χ4n) is 3.89. The van der Waals surface area contributed by atoms with Crippen LogP contribution in [0.2, 0.25) is 0 Å². The summed E-state index contributed by atoms with van der Waals surface area (Å²) in [6.07, 6.45) is 0. The summed E-state index contributed by atoms with van der Waals surface area (Å²) < 4.78 is 10.8. The average molecular weight is 410 g/mol. The number of anilines is 1. The number of fused-ring (bicyclic) bond motifs is 1. The fourth-order valence-corrected chi connectivity index (χ4v) is 3.89. The van der Waals surface area contributed by atoms with Crippen LogP contribution in [-0.2, 0) is 6.54 Å². The number of nitrogens with one attached hydrogen (secondary N) is 2. The largest absolute Gasteiger partial charge is 0.454 e. The second kappa shape index (κ2) is 9.71. The van der Waals surface area contributed by atoms with Crippen molar-refractivity contribution in [3.8, 4) is 11.5 Å². The molecule has 4 rings (SSSR count). The molecule has 0 aliphatic carbocycles. The first-order chi connectivity index (χ1) is 14.7. The Hall–Kier alpha value is -2.93. The zero-order valence-corrected chi connectivity index (χ0v) is 17.8. The highest BCUT2D eigenvalue weighted by molar-refractivity contribution is 5.79. The van der Waals surface area contributed by atoms with E-state index in [0.29, 0.717) is 19.4 Å². The number of guanidine groups is 1. The Kier molecular flexibility index (Phi) is 6.59. The molecule has 30 heavy (non-hydrogen) atoms. The molecule has 2 heterocycles. The van der Waals surface area contributed by atoms with Crippen molar-refractivity contribution in [2.45, 2.75) is 19.5 Å². The van der Waals surface area contributed by atoms with Crippen LogP contribution >= 0.6 is 0 Å². The molecule has 0 radical (unpaired) electrons. The third-order valence-corrected chi connectivity index (χ3v) is 5.74. The van der Waals surface area contributed by atoms with Crippen LogP contribution in [0.15, 0.2) is 53.5 Å². The molecule has 2 aliphatic heterocycles. The summed E-state index contributed by atoms with van der Waals surface area (Å²) in [7, 11) is 1.80. The van der Waals surface area contributed by atoms with Gasteiger partial charge in [0.25, 0.3) is 0 Å². The molecular formula is C23H31N5O2. The predicted octanol–water partition coefficient (Wildman–Crippen LogP) is 2.29. The second-order valence-corrected chi connectivity index (χ2v) is 7.70. The molecule has 1 atom stereocenters. The van der Waals surface area contributed by atoms with E-state index in [0.717, 1.165) is 55.7 Å². The molecule has 1 fully saturated rings.